The number of carbonyl (C=O) groups excluding carboxylic acids is 2. The number of hydrogen-bond acceptors (Lipinski definition) is 4. The lowest BCUT2D eigenvalue weighted by Crippen LogP contribution is -2.26. The molecule has 0 atom stereocenters. The molecule has 1 aliphatic heterocycles. The van der Waals surface area contributed by atoms with Gasteiger partial charge in [0, 0.05) is 6.07 Å². The molecule has 0 fully saturated rings. The van der Waals surface area contributed by atoms with E-state index in [1.54, 1.807) is 0 Å². The first kappa shape index (κ1) is 13.9. The maximum absolute atomic E-state index is 13.8. The van der Waals surface area contributed by atoms with Crippen LogP contribution in [0.5, 0.6) is 0 Å². The molecule has 112 valence electrons. The second-order valence-corrected chi connectivity index (χ2v) is 4.47. The number of carbonyl (C=O) groups is 2. The van der Waals surface area contributed by atoms with Crippen molar-refractivity contribution < 1.29 is 22.8 Å². The fraction of sp³-hybridized carbons (Fsp3) is 0. The molecule has 2 amide bonds. The number of nitrogens with two attached hydrogens (primary N) is 1. The van der Waals surface area contributed by atoms with Gasteiger partial charge in [0.15, 0.2) is 17.5 Å². The number of nitrogen functional groups attached to an aromatic ring is 1. The minimum Gasteiger partial charge on any atom is -0.384 e. The average Bonchev–Trinajstić information content (AvgIpc) is 2.73. The number of hydrogen-bond donors (Lipinski definition) is 2. The summed E-state index contributed by atoms with van der Waals surface area (Å²) in [7, 11) is 0. The average molecular weight is 309 g/mol. The highest BCUT2D eigenvalue weighted by Gasteiger charge is 2.33. The summed E-state index contributed by atoms with van der Waals surface area (Å²) < 4.78 is 41.2. The predicted octanol–water partition coefficient (Wildman–Crippen LogP) is 0.721. The Bertz CT molecular complexity index is 921. The van der Waals surface area contributed by atoms with Gasteiger partial charge in [-0.15, -0.1) is 0 Å². The number of nitrogens with one attached hydrogen (secondary N) is 1. The van der Waals surface area contributed by atoms with Crippen molar-refractivity contribution in [1.29, 1.82) is 0 Å². The molecule has 2 aromatic rings. The molecule has 0 saturated carbocycles. The van der Waals surface area contributed by atoms with Gasteiger partial charge < -0.3 is 5.73 Å². The first-order chi connectivity index (χ1) is 10.3. The monoisotopic (exact) mass is 309 g/mol. The van der Waals surface area contributed by atoms with Crippen LogP contribution in [0.1, 0.15) is 20.7 Å². The summed E-state index contributed by atoms with van der Waals surface area (Å²) in [6.07, 6.45) is 0. The van der Waals surface area contributed by atoms with Crippen LogP contribution in [0.2, 0.25) is 0 Å². The molecule has 0 saturated heterocycles. The molecule has 2 heterocycles. The summed E-state index contributed by atoms with van der Waals surface area (Å²) in [4.78, 5) is 35.1. The first-order valence-electron chi connectivity index (χ1n) is 5.88. The number of pyridine rings is 1. The van der Waals surface area contributed by atoms with E-state index in [1.165, 1.54) is 0 Å². The van der Waals surface area contributed by atoms with E-state index in [-0.39, 0.29) is 5.56 Å². The molecule has 3 N–H and O–H groups in total. The summed E-state index contributed by atoms with van der Waals surface area (Å²) in [6.45, 7) is 0. The third-order valence-electron chi connectivity index (χ3n) is 3.20. The Balaban J connectivity index is 2.43. The summed E-state index contributed by atoms with van der Waals surface area (Å²) >= 11 is 0. The van der Waals surface area contributed by atoms with Crippen molar-refractivity contribution in [2.45, 2.75) is 0 Å². The largest absolute Gasteiger partial charge is 0.384 e. The number of benzene rings is 1. The van der Waals surface area contributed by atoms with Crippen LogP contribution in [0.4, 0.5) is 19.0 Å². The summed E-state index contributed by atoms with van der Waals surface area (Å²) in [5.41, 5.74) is 2.76. The SMILES string of the molecule is Nc1c2c(cc(=O)n1-c1c(F)ccc(F)c1F)C(=O)NC2=O. The standard InChI is InChI=1S/C13H6F3N3O3/c14-5-1-2-6(15)10(9(5)16)19-7(20)3-4-8(11(19)17)13(22)18-12(4)21/h1-3H,17H2,(H,18,21,22). The molecule has 1 aliphatic rings. The Kier molecular flexibility index (Phi) is 2.80. The molecule has 0 spiro atoms. The van der Waals surface area contributed by atoms with Gasteiger partial charge >= 0.3 is 0 Å². The highest BCUT2D eigenvalue weighted by molar-refractivity contribution is 6.23. The van der Waals surface area contributed by atoms with Crippen LogP contribution in [-0.2, 0) is 0 Å². The number of nitrogens with zero attached hydrogens (tertiary/aromatic N) is 1. The maximum Gasteiger partial charge on any atom is 0.262 e. The summed E-state index contributed by atoms with van der Waals surface area (Å²) in [5.74, 6) is -6.71. The van der Waals surface area contributed by atoms with Gasteiger partial charge in [-0.2, -0.15) is 0 Å². The Hall–Kier alpha value is -3.10. The lowest BCUT2D eigenvalue weighted by atomic mass is 10.1. The van der Waals surface area contributed by atoms with Gasteiger partial charge in [0.2, 0.25) is 0 Å². The fourth-order valence-corrected chi connectivity index (χ4v) is 2.23. The van der Waals surface area contributed by atoms with Gasteiger partial charge in [-0.3, -0.25) is 24.3 Å². The lowest BCUT2D eigenvalue weighted by molar-refractivity contribution is 0.0880. The zero-order chi connectivity index (χ0) is 16.2. The van der Waals surface area contributed by atoms with Crippen LogP contribution in [0.3, 0.4) is 0 Å². The van der Waals surface area contributed by atoms with Crippen LogP contribution in [0, 0.1) is 17.5 Å². The van der Waals surface area contributed by atoms with Crippen molar-refractivity contribution in [1.82, 2.24) is 9.88 Å². The third kappa shape index (κ3) is 1.72. The Morgan fingerprint density at radius 2 is 1.64 bits per heavy atom. The second-order valence-electron chi connectivity index (χ2n) is 4.47. The van der Waals surface area contributed by atoms with E-state index in [0.29, 0.717) is 22.8 Å². The van der Waals surface area contributed by atoms with Gasteiger partial charge in [0.25, 0.3) is 17.4 Å². The van der Waals surface area contributed by atoms with Gasteiger partial charge in [-0.05, 0) is 12.1 Å². The molecule has 3 rings (SSSR count). The Morgan fingerprint density at radius 3 is 2.32 bits per heavy atom. The third-order valence-corrected chi connectivity index (χ3v) is 3.20. The number of amides is 2. The number of rotatable bonds is 1. The van der Waals surface area contributed by atoms with Crippen LogP contribution in [0.25, 0.3) is 5.69 Å². The van der Waals surface area contributed by atoms with Gasteiger partial charge in [0.05, 0.1) is 11.1 Å². The van der Waals surface area contributed by atoms with E-state index >= 15 is 0 Å². The second kappa shape index (κ2) is 4.45. The first-order valence-corrected chi connectivity index (χ1v) is 5.88. The van der Waals surface area contributed by atoms with E-state index in [4.69, 9.17) is 5.73 Å². The highest BCUT2D eigenvalue weighted by atomic mass is 19.2. The smallest absolute Gasteiger partial charge is 0.262 e. The maximum atomic E-state index is 13.8. The van der Waals surface area contributed by atoms with E-state index < -0.39 is 51.9 Å². The normalized spacial score (nSPS) is 13.2. The van der Waals surface area contributed by atoms with Crippen molar-refractivity contribution in [2.24, 2.45) is 0 Å². The number of imide groups is 1. The zero-order valence-electron chi connectivity index (χ0n) is 10.6. The van der Waals surface area contributed by atoms with Crippen LogP contribution >= 0.6 is 0 Å². The van der Waals surface area contributed by atoms with Crippen molar-refractivity contribution >= 4 is 17.6 Å². The molecule has 22 heavy (non-hydrogen) atoms. The number of anilines is 1. The molecular formula is C13H6F3N3O3. The molecule has 9 heteroatoms. The van der Waals surface area contributed by atoms with E-state index in [9.17, 15) is 27.6 Å². The van der Waals surface area contributed by atoms with Crippen molar-refractivity contribution in [3.63, 3.8) is 0 Å². The number of fused-ring (bicyclic) bond motifs is 1. The minimum atomic E-state index is -1.64. The molecule has 6 nitrogen and oxygen atoms in total. The van der Waals surface area contributed by atoms with Gasteiger partial charge in [-0.1, -0.05) is 0 Å². The van der Waals surface area contributed by atoms with Crippen molar-refractivity contribution in [3.05, 3.63) is 57.1 Å². The van der Waals surface area contributed by atoms with Gasteiger partial charge in [-0.25, -0.2) is 13.2 Å². The zero-order valence-corrected chi connectivity index (χ0v) is 10.6. The number of halogens is 3. The van der Waals surface area contributed by atoms with Crippen molar-refractivity contribution in [2.75, 3.05) is 5.73 Å². The Morgan fingerprint density at radius 1 is 1.00 bits per heavy atom. The van der Waals surface area contributed by atoms with Crippen molar-refractivity contribution in [3.8, 4) is 5.69 Å². The van der Waals surface area contributed by atoms with Gasteiger partial charge in [0.1, 0.15) is 11.5 Å². The topological polar surface area (TPSA) is 94.2 Å². The van der Waals surface area contributed by atoms with Crippen LogP contribution < -0.4 is 16.6 Å². The Labute approximate surface area is 120 Å². The quantitative estimate of drug-likeness (QED) is 0.599. The van der Waals surface area contributed by atoms with Crippen LogP contribution in [-0.4, -0.2) is 16.4 Å². The summed E-state index contributed by atoms with van der Waals surface area (Å²) in [5, 5.41) is 1.90. The molecular weight excluding hydrogens is 303 g/mol. The molecule has 1 aromatic carbocycles. The lowest BCUT2D eigenvalue weighted by Gasteiger charge is -2.13. The fourth-order valence-electron chi connectivity index (χ4n) is 2.23. The predicted molar refractivity (Wildman–Crippen MR) is 68.1 cm³/mol. The highest BCUT2D eigenvalue weighted by Crippen LogP contribution is 2.26. The molecule has 0 bridgehead atoms. The van der Waals surface area contributed by atoms with E-state index in [1.807, 2.05) is 5.32 Å². The van der Waals surface area contributed by atoms with E-state index in [0.717, 1.165) is 0 Å². The minimum absolute atomic E-state index is 0.305. The molecule has 0 radical (unpaired) electrons. The molecule has 0 unspecified atom stereocenters. The number of aromatic nitrogens is 1. The van der Waals surface area contributed by atoms with E-state index in [2.05, 4.69) is 0 Å². The van der Waals surface area contributed by atoms with Crippen LogP contribution in [0.15, 0.2) is 23.0 Å². The summed E-state index contributed by atoms with van der Waals surface area (Å²) in [6, 6.07) is 1.85. The molecule has 0 aliphatic carbocycles. The molecule has 1 aromatic heterocycles.